The molecule has 13 heavy (non-hydrogen) atoms. The predicted molar refractivity (Wildman–Crippen MR) is 53.2 cm³/mol. The highest BCUT2D eigenvalue weighted by atomic mass is 32.1. The van der Waals surface area contributed by atoms with Crippen molar-refractivity contribution in [3.05, 3.63) is 34.5 Å². The molecule has 70 valence electrons. The van der Waals surface area contributed by atoms with Crippen LogP contribution < -0.4 is 5.32 Å². The van der Waals surface area contributed by atoms with E-state index in [1.165, 1.54) is 11.3 Å². The van der Waals surface area contributed by atoms with Gasteiger partial charge in [0.1, 0.15) is 4.88 Å². The van der Waals surface area contributed by atoms with Gasteiger partial charge in [-0.2, -0.15) is 0 Å². The van der Waals surface area contributed by atoms with E-state index in [2.05, 4.69) is 11.9 Å². The van der Waals surface area contributed by atoms with Crippen molar-refractivity contribution in [1.29, 1.82) is 0 Å². The molecule has 0 aliphatic rings. The van der Waals surface area contributed by atoms with E-state index in [9.17, 15) is 4.79 Å². The van der Waals surface area contributed by atoms with E-state index in [1.54, 1.807) is 12.1 Å². The number of aromatic carboxylic acids is 1. The van der Waals surface area contributed by atoms with Crippen LogP contribution >= 0.6 is 11.3 Å². The molecule has 2 N–H and O–H groups in total. The summed E-state index contributed by atoms with van der Waals surface area (Å²) in [7, 11) is 0. The van der Waals surface area contributed by atoms with Crippen LogP contribution in [0.1, 0.15) is 14.5 Å². The van der Waals surface area contributed by atoms with Crippen molar-refractivity contribution in [2.45, 2.75) is 6.54 Å². The number of hydrogen-bond acceptors (Lipinski definition) is 3. The average Bonchev–Trinajstić information content (AvgIpc) is 2.53. The molecule has 1 rings (SSSR count). The van der Waals surface area contributed by atoms with E-state index in [0.717, 1.165) is 11.4 Å². The lowest BCUT2D eigenvalue weighted by atomic mass is 10.4. The molecule has 0 aromatic carbocycles. The fourth-order valence-corrected chi connectivity index (χ4v) is 1.70. The van der Waals surface area contributed by atoms with Gasteiger partial charge in [0.2, 0.25) is 0 Å². The topological polar surface area (TPSA) is 49.3 Å². The SMILES string of the molecule is C=CCNCc1ccc(C(=O)O)s1. The fraction of sp³-hybridized carbons (Fsp3) is 0.222. The van der Waals surface area contributed by atoms with Crippen LogP contribution in [0, 0.1) is 0 Å². The quantitative estimate of drug-likeness (QED) is 0.558. The zero-order valence-electron chi connectivity index (χ0n) is 7.12. The lowest BCUT2D eigenvalue weighted by Gasteiger charge is -1.96. The van der Waals surface area contributed by atoms with Crippen molar-refractivity contribution in [1.82, 2.24) is 5.32 Å². The summed E-state index contributed by atoms with van der Waals surface area (Å²) >= 11 is 1.30. The normalized spacial score (nSPS) is 9.85. The molecule has 3 nitrogen and oxygen atoms in total. The Balaban J connectivity index is 2.49. The lowest BCUT2D eigenvalue weighted by Crippen LogP contribution is -2.11. The molecule has 0 saturated carbocycles. The standard InChI is InChI=1S/C9H11NO2S/c1-2-5-10-6-7-3-4-8(13-7)9(11)12/h2-4,10H,1,5-6H2,(H,11,12). The molecular weight excluding hydrogens is 186 g/mol. The van der Waals surface area contributed by atoms with Gasteiger partial charge in [0.25, 0.3) is 0 Å². The van der Waals surface area contributed by atoms with Gasteiger partial charge in [-0.3, -0.25) is 0 Å². The highest BCUT2D eigenvalue weighted by Gasteiger charge is 2.05. The third-order valence-corrected chi connectivity index (χ3v) is 2.53. The molecule has 0 atom stereocenters. The Morgan fingerprint density at radius 3 is 3.00 bits per heavy atom. The molecule has 0 spiro atoms. The maximum atomic E-state index is 10.5. The zero-order valence-corrected chi connectivity index (χ0v) is 7.93. The third kappa shape index (κ3) is 3.01. The maximum Gasteiger partial charge on any atom is 0.345 e. The van der Waals surface area contributed by atoms with Crippen LogP contribution in [0.3, 0.4) is 0 Å². The highest BCUT2D eigenvalue weighted by Crippen LogP contribution is 2.15. The Hall–Kier alpha value is -1.13. The summed E-state index contributed by atoms with van der Waals surface area (Å²) in [6, 6.07) is 3.45. The number of thiophene rings is 1. The zero-order chi connectivity index (χ0) is 9.68. The number of rotatable bonds is 5. The summed E-state index contributed by atoms with van der Waals surface area (Å²) in [6.07, 6.45) is 1.77. The Morgan fingerprint density at radius 2 is 2.46 bits per heavy atom. The summed E-state index contributed by atoms with van der Waals surface area (Å²) in [5, 5.41) is 11.7. The van der Waals surface area contributed by atoms with Crippen molar-refractivity contribution < 1.29 is 9.90 Å². The van der Waals surface area contributed by atoms with Gasteiger partial charge in [-0.15, -0.1) is 17.9 Å². The van der Waals surface area contributed by atoms with Gasteiger partial charge in [-0.05, 0) is 12.1 Å². The first-order chi connectivity index (χ1) is 6.24. The second-order valence-corrected chi connectivity index (χ2v) is 3.66. The molecule has 0 radical (unpaired) electrons. The second kappa shape index (κ2) is 4.79. The molecule has 0 aliphatic heterocycles. The van der Waals surface area contributed by atoms with Crippen LogP contribution in [0.25, 0.3) is 0 Å². The van der Waals surface area contributed by atoms with Crippen molar-refractivity contribution in [2.75, 3.05) is 6.54 Å². The van der Waals surface area contributed by atoms with E-state index in [4.69, 9.17) is 5.11 Å². The average molecular weight is 197 g/mol. The summed E-state index contributed by atoms with van der Waals surface area (Å²) in [4.78, 5) is 11.9. The molecule has 1 heterocycles. The van der Waals surface area contributed by atoms with E-state index < -0.39 is 5.97 Å². The minimum Gasteiger partial charge on any atom is -0.477 e. The molecule has 0 amide bonds. The predicted octanol–water partition coefficient (Wildman–Crippen LogP) is 1.72. The first-order valence-electron chi connectivity index (χ1n) is 3.87. The first kappa shape index (κ1) is 9.95. The molecule has 1 aromatic rings. The molecular formula is C9H11NO2S. The van der Waals surface area contributed by atoms with Gasteiger partial charge >= 0.3 is 5.97 Å². The monoisotopic (exact) mass is 197 g/mol. The summed E-state index contributed by atoms with van der Waals surface area (Å²) in [6.45, 7) is 5.01. The Morgan fingerprint density at radius 1 is 1.69 bits per heavy atom. The largest absolute Gasteiger partial charge is 0.477 e. The van der Waals surface area contributed by atoms with E-state index in [-0.39, 0.29) is 0 Å². The minimum absolute atomic E-state index is 0.385. The number of hydrogen-bond donors (Lipinski definition) is 2. The molecule has 0 saturated heterocycles. The first-order valence-corrected chi connectivity index (χ1v) is 4.69. The van der Waals surface area contributed by atoms with Crippen LogP contribution in [0.15, 0.2) is 24.8 Å². The van der Waals surface area contributed by atoms with Crippen LogP contribution in [-0.2, 0) is 6.54 Å². The summed E-state index contributed by atoms with van der Waals surface area (Å²) < 4.78 is 0. The Bertz CT molecular complexity index is 306. The van der Waals surface area contributed by atoms with Crippen molar-refractivity contribution in [2.24, 2.45) is 0 Å². The van der Waals surface area contributed by atoms with Crippen molar-refractivity contribution >= 4 is 17.3 Å². The minimum atomic E-state index is -0.861. The summed E-state index contributed by atoms with van der Waals surface area (Å²) in [5.74, 6) is -0.861. The highest BCUT2D eigenvalue weighted by molar-refractivity contribution is 7.13. The van der Waals surface area contributed by atoms with E-state index in [0.29, 0.717) is 11.4 Å². The van der Waals surface area contributed by atoms with E-state index in [1.807, 2.05) is 6.07 Å². The Labute approximate surface area is 80.7 Å². The van der Waals surface area contributed by atoms with Crippen LogP contribution in [0.2, 0.25) is 0 Å². The van der Waals surface area contributed by atoms with Crippen molar-refractivity contribution in [3.8, 4) is 0 Å². The molecule has 0 unspecified atom stereocenters. The Kier molecular flexibility index (Phi) is 3.67. The van der Waals surface area contributed by atoms with Gasteiger partial charge < -0.3 is 10.4 Å². The molecule has 4 heteroatoms. The second-order valence-electron chi connectivity index (χ2n) is 2.49. The van der Waals surface area contributed by atoms with E-state index >= 15 is 0 Å². The smallest absolute Gasteiger partial charge is 0.345 e. The lowest BCUT2D eigenvalue weighted by molar-refractivity contribution is 0.0702. The molecule has 0 bridgehead atoms. The third-order valence-electron chi connectivity index (χ3n) is 1.46. The van der Waals surface area contributed by atoms with Gasteiger partial charge in [0, 0.05) is 18.0 Å². The van der Waals surface area contributed by atoms with Crippen LogP contribution in [0.4, 0.5) is 0 Å². The number of carboxylic acids is 1. The fourth-order valence-electron chi connectivity index (χ4n) is 0.885. The van der Waals surface area contributed by atoms with Crippen molar-refractivity contribution in [3.63, 3.8) is 0 Å². The maximum absolute atomic E-state index is 10.5. The van der Waals surface area contributed by atoms with Gasteiger partial charge in [-0.1, -0.05) is 6.08 Å². The van der Waals surface area contributed by atoms with Gasteiger partial charge in [-0.25, -0.2) is 4.79 Å². The van der Waals surface area contributed by atoms with Crippen LogP contribution in [0.5, 0.6) is 0 Å². The number of carbonyl (C=O) groups is 1. The van der Waals surface area contributed by atoms with Gasteiger partial charge in [0.05, 0.1) is 0 Å². The summed E-state index contributed by atoms with van der Waals surface area (Å²) in [5.41, 5.74) is 0. The van der Waals surface area contributed by atoms with Gasteiger partial charge in [0.15, 0.2) is 0 Å². The number of carboxylic acid groups (broad SMARTS) is 1. The van der Waals surface area contributed by atoms with Crippen LogP contribution in [-0.4, -0.2) is 17.6 Å². The number of nitrogens with one attached hydrogen (secondary N) is 1. The molecule has 1 aromatic heterocycles. The molecule has 0 fully saturated rings. The molecule has 0 aliphatic carbocycles.